The van der Waals surface area contributed by atoms with Crippen LogP contribution in [0.25, 0.3) is 10.9 Å². The average molecular weight is 544 g/mol. The Hall–Kier alpha value is -3.37. The lowest BCUT2D eigenvalue weighted by Crippen LogP contribution is -2.51. The van der Waals surface area contributed by atoms with Crippen molar-refractivity contribution in [3.05, 3.63) is 47.2 Å². The summed E-state index contributed by atoms with van der Waals surface area (Å²) < 4.78 is 30.6. The summed E-state index contributed by atoms with van der Waals surface area (Å²) in [7, 11) is 3.39. The van der Waals surface area contributed by atoms with Gasteiger partial charge >= 0.3 is 12.0 Å². The highest BCUT2D eigenvalue weighted by Gasteiger charge is 2.30. The number of aromatic nitrogens is 2. The third kappa shape index (κ3) is 5.86. The second kappa shape index (κ2) is 11.6. The largest absolute Gasteiger partial charge is 0.490 e. The zero-order chi connectivity index (χ0) is 26.6. The number of methoxy groups -OCH3 is 1. The number of ether oxygens (including phenoxy) is 3. The number of fused-ring (bicyclic) bond motifs is 1. The number of hydrogen-bond acceptors (Lipinski definition) is 7. The molecule has 202 valence electrons. The molecule has 2 fully saturated rings. The number of morpholine rings is 1. The first-order valence-corrected chi connectivity index (χ1v) is 13.1. The van der Waals surface area contributed by atoms with Gasteiger partial charge in [0, 0.05) is 37.3 Å². The molecule has 1 aliphatic heterocycles. The number of rotatable bonds is 6. The van der Waals surface area contributed by atoms with Gasteiger partial charge in [0.1, 0.15) is 17.4 Å². The maximum absolute atomic E-state index is 13.6. The number of amides is 2. The van der Waals surface area contributed by atoms with Gasteiger partial charge in [-0.05, 0) is 62.1 Å². The number of hydrogen-bond donors (Lipinski definition) is 1. The van der Waals surface area contributed by atoms with Crippen LogP contribution < -0.4 is 14.8 Å². The fourth-order valence-electron chi connectivity index (χ4n) is 4.93. The van der Waals surface area contributed by atoms with Crippen molar-refractivity contribution in [1.29, 1.82) is 0 Å². The molecule has 38 heavy (non-hydrogen) atoms. The fraction of sp³-hybridized carbons (Fsp3) is 0.444. The second-order valence-corrected chi connectivity index (χ2v) is 9.94. The van der Waals surface area contributed by atoms with Crippen LogP contribution in [0.15, 0.2) is 36.4 Å². The van der Waals surface area contributed by atoms with Gasteiger partial charge in [0.15, 0.2) is 0 Å². The molecular weight excluding hydrogens is 513 g/mol. The predicted molar refractivity (Wildman–Crippen MR) is 143 cm³/mol. The minimum Gasteiger partial charge on any atom is -0.490 e. The van der Waals surface area contributed by atoms with Crippen molar-refractivity contribution in [1.82, 2.24) is 19.8 Å². The molecule has 1 saturated carbocycles. The summed E-state index contributed by atoms with van der Waals surface area (Å²) in [5.41, 5.74) is 1.26. The highest BCUT2D eigenvalue weighted by Crippen LogP contribution is 2.32. The molecule has 11 heteroatoms. The minimum absolute atomic E-state index is 0.0113. The molecule has 0 unspecified atom stereocenters. The highest BCUT2D eigenvalue weighted by molar-refractivity contribution is 6.31. The molecule has 0 radical (unpaired) electrons. The Morgan fingerprint density at radius 1 is 1.13 bits per heavy atom. The molecule has 2 aliphatic rings. The maximum Gasteiger partial charge on any atom is 0.320 e. The smallest absolute Gasteiger partial charge is 0.320 e. The number of anilines is 2. The Morgan fingerprint density at radius 3 is 2.61 bits per heavy atom. The summed E-state index contributed by atoms with van der Waals surface area (Å²) in [4.78, 5) is 25.5. The second-order valence-electron chi connectivity index (χ2n) is 9.53. The first kappa shape index (κ1) is 26.2. The fourth-order valence-corrected chi connectivity index (χ4v) is 5.11. The third-order valence-corrected chi connectivity index (χ3v) is 7.38. The van der Waals surface area contributed by atoms with E-state index in [2.05, 4.69) is 15.3 Å². The summed E-state index contributed by atoms with van der Waals surface area (Å²) >= 11 is 5.96. The molecular formula is C27H31ClFN5O4. The molecule has 0 atom stereocenters. The van der Waals surface area contributed by atoms with E-state index in [0.29, 0.717) is 49.1 Å². The van der Waals surface area contributed by atoms with Gasteiger partial charge in [0.05, 0.1) is 37.0 Å². The lowest BCUT2D eigenvalue weighted by Gasteiger charge is -2.38. The van der Waals surface area contributed by atoms with Crippen LogP contribution in [0.5, 0.6) is 11.8 Å². The monoisotopic (exact) mass is 543 g/mol. The topological polar surface area (TPSA) is 89.0 Å². The lowest BCUT2D eigenvalue weighted by atomic mass is 9.92. The van der Waals surface area contributed by atoms with Crippen LogP contribution in [0.1, 0.15) is 25.7 Å². The summed E-state index contributed by atoms with van der Waals surface area (Å²) in [5, 5.41) is 3.93. The van der Waals surface area contributed by atoms with Crippen molar-refractivity contribution in [2.24, 2.45) is 0 Å². The van der Waals surface area contributed by atoms with E-state index >= 15 is 0 Å². The number of carbonyl (C=O) groups is 1. The van der Waals surface area contributed by atoms with Crippen LogP contribution in [0, 0.1) is 5.82 Å². The standard InChI is InChI=1S/C27H31ClFN5O4/c1-33(27(35)34-11-13-37-14-12-34)18-4-6-19(7-5-18)38-20-8-10-24-21(16-20)25(32-26(31-24)36-2)30-17-3-9-23(29)22(28)15-17/h3,8-10,15-16,18-19H,4-7,11-14H2,1-2H3,(H,30,31,32). The molecule has 5 rings (SSSR count). The zero-order valence-electron chi connectivity index (χ0n) is 21.5. The van der Waals surface area contributed by atoms with Crippen molar-refractivity contribution < 1.29 is 23.4 Å². The van der Waals surface area contributed by atoms with Crippen LogP contribution in [0.4, 0.5) is 20.7 Å². The number of nitrogens with one attached hydrogen (secondary N) is 1. The van der Waals surface area contributed by atoms with Crippen LogP contribution in [-0.2, 0) is 4.74 Å². The molecule has 3 aromatic rings. The van der Waals surface area contributed by atoms with Crippen LogP contribution >= 0.6 is 11.6 Å². The maximum atomic E-state index is 13.6. The van der Waals surface area contributed by atoms with Gasteiger partial charge in [0.2, 0.25) is 0 Å². The molecule has 1 saturated heterocycles. The van der Waals surface area contributed by atoms with Crippen molar-refractivity contribution in [2.45, 2.75) is 37.8 Å². The Balaban J connectivity index is 1.27. The van der Waals surface area contributed by atoms with Gasteiger partial charge in [-0.25, -0.2) is 9.18 Å². The van der Waals surface area contributed by atoms with Gasteiger partial charge in [-0.3, -0.25) is 0 Å². The number of urea groups is 1. The number of halogens is 2. The first-order valence-electron chi connectivity index (χ1n) is 12.8. The Morgan fingerprint density at radius 2 is 1.89 bits per heavy atom. The normalized spacial score (nSPS) is 19.7. The van der Waals surface area contributed by atoms with E-state index in [0.717, 1.165) is 31.1 Å². The van der Waals surface area contributed by atoms with Gasteiger partial charge < -0.3 is 29.3 Å². The molecule has 1 aromatic heterocycles. The van der Waals surface area contributed by atoms with Crippen LogP contribution in [0.3, 0.4) is 0 Å². The van der Waals surface area contributed by atoms with Gasteiger partial charge in [0.25, 0.3) is 0 Å². The quantitative estimate of drug-likeness (QED) is 0.454. The van der Waals surface area contributed by atoms with E-state index in [4.69, 9.17) is 25.8 Å². The molecule has 1 aliphatic carbocycles. The molecule has 0 bridgehead atoms. The Bertz CT molecular complexity index is 1300. The molecule has 1 N–H and O–H groups in total. The zero-order valence-corrected chi connectivity index (χ0v) is 22.2. The van der Waals surface area contributed by atoms with E-state index < -0.39 is 5.82 Å². The first-order chi connectivity index (χ1) is 18.4. The average Bonchev–Trinajstić information content (AvgIpc) is 2.95. The van der Waals surface area contributed by atoms with Crippen LogP contribution in [-0.4, -0.2) is 78.4 Å². The Kier molecular flexibility index (Phi) is 7.99. The van der Waals surface area contributed by atoms with E-state index in [1.54, 1.807) is 6.07 Å². The highest BCUT2D eigenvalue weighted by atomic mass is 35.5. The van der Waals surface area contributed by atoms with Crippen molar-refractivity contribution in [3.63, 3.8) is 0 Å². The van der Waals surface area contributed by atoms with Gasteiger partial charge in [-0.15, -0.1) is 0 Å². The third-order valence-electron chi connectivity index (χ3n) is 7.09. The van der Waals surface area contributed by atoms with E-state index in [9.17, 15) is 9.18 Å². The summed E-state index contributed by atoms with van der Waals surface area (Å²) in [5.74, 6) is 0.698. The number of benzene rings is 2. The predicted octanol–water partition coefficient (Wildman–Crippen LogP) is 5.25. The van der Waals surface area contributed by atoms with Crippen molar-refractivity contribution in [2.75, 3.05) is 45.8 Å². The van der Waals surface area contributed by atoms with Crippen molar-refractivity contribution >= 4 is 40.0 Å². The Labute approximate surface area is 225 Å². The van der Waals surface area contributed by atoms with E-state index in [1.165, 1.54) is 19.2 Å². The summed E-state index contributed by atoms with van der Waals surface area (Å²) in [6.45, 7) is 2.48. The van der Waals surface area contributed by atoms with E-state index in [-0.39, 0.29) is 29.2 Å². The molecule has 0 spiro atoms. The number of carbonyl (C=O) groups excluding carboxylic acids is 1. The minimum atomic E-state index is -0.496. The van der Waals surface area contributed by atoms with Gasteiger partial charge in [-0.1, -0.05) is 11.6 Å². The summed E-state index contributed by atoms with van der Waals surface area (Å²) in [6.07, 6.45) is 3.50. The number of nitrogens with zero attached hydrogens (tertiary/aromatic N) is 4. The van der Waals surface area contributed by atoms with Gasteiger partial charge in [-0.2, -0.15) is 9.97 Å². The summed E-state index contributed by atoms with van der Waals surface area (Å²) in [6, 6.07) is 10.5. The molecule has 2 aromatic carbocycles. The van der Waals surface area contributed by atoms with E-state index in [1.807, 2.05) is 35.0 Å². The van der Waals surface area contributed by atoms with Crippen molar-refractivity contribution in [3.8, 4) is 11.8 Å². The molecule has 2 amide bonds. The molecule has 2 heterocycles. The molecule has 9 nitrogen and oxygen atoms in total. The lowest BCUT2D eigenvalue weighted by molar-refractivity contribution is 0.0370. The van der Waals surface area contributed by atoms with Crippen LogP contribution in [0.2, 0.25) is 5.02 Å². The SMILES string of the molecule is COc1nc(Nc2ccc(F)c(Cl)c2)c2cc(OC3CCC(N(C)C(=O)N4CCOCC4)CC3)ccc2n1.